The number of aromatic amines is 1. The van der Waals surface area contributed by atoms with Crippen LogP contribution in [0.5, 0.6) is 5.75 Å². The van der Waals surface area contributed by atoms with E-state index in [1.807, 2.05) is 0 Å². The van der Waals surface area contributed by atoms with Crippen molar-refractivity contribution in [1.82, 2.24) is 20.5 Å². The number of amides is 1. The van der Waals surface area contributed by atoms with Gasteiger partial charge in [0.25, 0.3) is 11.5 Å². The van der Waals surface area contributed by atoms with Crippen LogP contribution in [0.15, 0.2) is 59.7 Å². The molecule has 2 aromatic heterocycles. The molecule has 150 valence electrons. The minimum atomic E-state index is -4.78. The summed E-state index contributed by atoms with van der Waals surface area (Å²) in [5, 5.41) is 8.76. The quantitative estimate of drug-likeness (QED) is 0.659. The number of aromatic nitrogens is 3. The van der Waals surface area contributed by atoms with Crippen LogP contribution in [0.3, 0.4) is 0 Å². The highest BCUT2D eigenvalue weighted by molar-refractivity contribution is 5.94. The lowest BCUT2D eigenvalue weighted by Crippen LogP contribution is -2.31. The van der Waals surface area contributed by atoms with Crippen molar-refractivity contribution < 1.29 is 22.7 Å². The largest absolute Gasteiger partial charge is 0.573 e. The number of rotatable bonds is 6. The Labute approximate surface area is 162 Å². The minimum absolute atomic E-state index is 0.112. The molecule has 3 aromatic rings. The summed E-state index contributed by atoms with van der Waals surface area (Å²) in [6, 6.07) is 10.2. The highest BCUT2D eigenvalue weighted by atomic mass is 19.4. The van der Waals surface area contributed by atoms with Crippen molar-refractivity contribution >= 4 is 5.91 Å². The highest BCUT2D eigenvalue weighted by Gasteiger charge is 2.31. The average molecular weight is 404 g/mol. The summed E-state index contributed by atoms with van der Waals surface area (Å²) in [5.41, 5.74) is 0.830. The molecule has 0 aliphatic rings. The molecule has 0 aliphatic heterocycles. The molecule has 7 nitrogen and oxygen atoms in total. The van der Waals surface area contributed by atoms with Crippen LogP contribution in [-0.2, 0) is 6.42 Å². The van der Waals surface area contributed by atoms with E-state index in [4.69, 9.17) is 0 Å². The van der Waals surface area contributed by atoms with E-state index in [-0.39, 0.29) is 24.3 Å². The van der Waals surface area contributed by atoms with Crippen molar-refractivity contribution in [3.63, 3.8) is 0 Å². The average Bonchev–Trinajstić information content (AvgIpc) is 2.68. The van der Waals surface area contributed by atoms with Crippen LogP contribution < -0.4 is 15.6 Å². The first-order valence-corrected chi connectivity index (χ1v) is 8.45. The number of nitrogens with zero attached hydrogens (tertiary/aromatic N) is 2. The van der Waals surface area contributed by atoms with E-state index in [2.05, 4.69) is 25.2 Å². The fourth-order valence-electron chi connectivity index (χ4n) is 2.56. The van der Waals surface area contributed by atoms with Gasteiger partial charge < -0.3 is 10.1 Å². The number of ether oxygens (including phenoxy) is 1. The third kappa shape index (κ3) is 5.64. The van der Waals surface area contributed by atoms with Crippen LogP contribution in [0.25, 0.3) is 11.3 Å². The van der Waals surface area contributed by atoms with E-state index in [9.17, 15) is 22.8 Å². The topological polar surface area (TPSA) is 97.0 Å². The maximum atomic E-state index is 12.3. The van der Waals surface area contributed by atoms with Crippen LogP contribution in [0.1, 0.15) is 15.9 Å². The zero-order valence-electron chi connectivity index (χ0n) is 14.9. The van der Waals surface area contributed by atoms with Gasteiger partial charge in [0.05, 0.1) is 5.69 Å². The lowest BCUT2D eigenvalue weighted by Gasteiger charge is -2.10. The molecule has 0 aliphatic carbocycles. The van der Waals surface area contributed by atoms with Crippen LogP contribution in [0.4, 0.5) is 13.2 Å². The number of carbonyl (C=O) groups excluding carboxylic acids is 1. The Kier molecular flexibility index (Phi) is 5.91. The summed E-state index contributed by atoms with van der Waals surface area (Å²) < 4.78 is 40.7. The Morgan fingerprint density at radius 1 is 1.14 bits per heavy atom. The van der Waals surface area contributed by atoms with Crippen molar-refractivity contribution in [2.24, 2.45) is 0 Å². The van der Waals surface area contributed by atoms with Gasteiger partial charge in [0.1, 0.15) is 11.3 Å². The number of halogens is 3. The lowest BCUT2D eigenvalue weighted by molar-refractivity contribution is -0.274. The monoisotopic (exact) mass is 404 g/mol. The third-order valence-corrected chi connectivity index (χ3v) is 3.86. The summed E-state index contributed by atoms with van der Waals surface area (Å²) in [5.74, 6) is -0.958. The first-order valence-electron chi connectivity index (χ1n) is 8.45. The summed E-state index contributed by atoms with van der Waals surface area (Å²) >= 11 is 0. The Balaban J connectivity index is 1.64. The number of carbonyl (C=O) groups is 1. The van der Waals surface area contributed by atoms with Gasteiger partial charge in [0, 0.05) is 24.5 Å². The number of pyridine rings is 1. The van der Waals surface area contributed by atoms with Crippen molar-refractivity contribution in [3.8, 4) is 17.0 Å². The molecule has 2 N–H and O–H groups in total. The van der Waals surface area contributed by atoms with Crippen molar-refractivity contribution in [1.29, 1.82) is 0 Å². The fraction of sp³-hybridized carbons (Fsp3) is 0.158. The number of hydrogen-bond acceptors (Lipinski definition) is 5. The van der Waals surface area contributed by atoms with Crippen LogP contribution in [0.2, 0.25) is 0 Å². The van der Waals surface area contributed by atoms with Crippen molar-refractivity contribution in [2.75, 3.05) is 6.54 Å². The highest BCUT2D eigenvalue weighted by Crippen LogP contribution is 2.23. The Morgan fingerprint density at radius 3 is 2.62 bits per heavy atom. The zero-order chi connectivity index (χ0) is 20.9. The summed E-state index contributed by atoms with van der Waals surface area (Å²) in [4.78, 5) is 28.2. The van der Waals surface area contributed by atoms with Gasteiger partial charge >= 0.3 is 6.36 Å². The molecule has 0 atom stereocenters. The van der Waals surface area contributed by atoms with E-state index >= 15 is 0 Å². The van der Waals surface area contributed by atoms with Crippen LogP contribution in [0, 0.1) is 0 Å². The van der Waals surface area contributed by atoms with Gasteiger partial charge in [-0.3, -0.25) is 14.6 Å². The van der Waals surface area contributed by atoms with Crippen molar-refractivity contribution in [2.45, 2.75) is 12.8 Å². The zero-order valence-corrected chi connectivity index (χ0v) is 14.9. The normalized spacial score (nSPS) is 11.1. The molecule has 2 heterocycles. The Hall–Kier alpha value is -3.69. The standard InChI is InChI=1S/C19H15F3N4O3/c20-19(21,22)29-14-3-1-2-12(10-14)4-9-24-17(27)15-11-16(25-26-18(15)28)13-5-7-23-8-6-13/h1-3,5-8,10-11H,4,9H2,(H,24,27)(H,26,28). The Bertz CT molecular complexity index is 1050. The number of alkyl halides is 3. The van der Waals surface area contributed by atoms with E-state index in [0.29, 0.717) is 16.8 Å². The van der Waals surface area contributed by atoms with Gasteiger partial charge in [-0.05, 0) is 42.3 Å². The second-order valence-corrected chi connectivity index (χ2v) is 5.93. The minimum Gasteiger partial charge on any atom is -0.406 e. The van der Waals surface area contributed by atoms with Gasteiger partial charge in [-0.2, -0.15) is 5.10 Å². The Morgan fingerprint density at radius 2 is 1.90 bits per heavy atom. The molecule has 0 radical (unpaired) electrons. The van der Waals surface area contributed by atoms with Gasteiger partial charge in [-0.1, -0.05) is 12.1 Å². The first-order chi connectivity index (χ1) is 13.8. The molecule has 1 aromatic carbocycles. The third-order valence-electron chi connectivity index (χ3n) is 3.86. The molecule has 0 bridgehead atoms. The number of benzene rings is 1. The summed E-state index contributed by atoms with van der Waals surface area (Å²) in [6.07, 6.45) is -1.42. The molecule has 0 saturated carbocycles. The number of H-pyrrole nitrogens is 1. The molecule has 0 unspecified atom stereocenters. The maximum absolute atomic E-state index is 12.3. The molecule has 0 fully saturated rings. The van der Waals surface area contributed by atoms with Gasteiger partial charge in [0.15, 0.2) is 0 Å². The summed E-state index contributed by atoms with van der Waals surface area (Å²) in [6.45, 7) is 0.112. The number of nitrogens with one attached hydrogen (secondary N) is 2. The van der Waals surface area contributed by atoms with E-state index in [1.54, 1.807) is 30.6 Å². The van der Waals surface area contributed by atoms with Crippen LogP contribution >= 0.6 is 0 Å². The molecule has 0 saturated heterocycles. The van der Waals surface area contributed by atoms with Gasteiger partial charge in [-0.15, -0.1) is 13.2 Å². The predicted molar refractivity (Wildman–Crippen MR) is 97.3 cm³/mol. The van der Waals surface area contributed by atoms with Crippen LogP contribution in [-0.4, -0.2) is 34.0 Å². The SMILES string of the molecule is O=C(NCCc1cccc(OC(F)(F)F)c1)c1cc(-c2ccncc2)n[nH]c1=O. The first kappa shape index (κ1) is 20.1. The second-order valence-electron chi connectivity index (χ2n) is 5.93. The molecule has 1 amide bonds. The van der Waals surface area contributed by atoms with E-state index in [1.165, 1.54) is 24.3 Å². The predicted octanol–water partition coefficient (Wildman–Crippen LogP) is 2.70. The summed E-state index contributed by atoms with van der Waals surface area (Å²) in [7, 11) is 0. The molecule has 0 spiro atoms. The molecule has 10 heteroatoms. The van der Waals surface area contributed by atoms with E-state index < -0.39 is 17.8 Å². The van der Waals surface area contributed by atoms with Gasteiger partial charge in [0.2, 0.25) is 0 Å². The fourth-order valence-corrected chi connectivity index (χ4v) is 2.56. The maximum Gasteiger partial charge on any atom is 0.573 e. The molecular weight excluding hydrogens is 389 g/mol. The lowest BCUT2D eigenvalue weighted by atomic mass is 10.1. The smallest absolute Gasteiger partial charge is 0.406 e. The number of hydrogen-bond donors (Lipinski definition) is 2. The van der Waals surface area contributed by atoms with Crippen molar-refractivity contribution in [3.05, 3.63) is 76.3 Å². The molecule has 3 rings (SSSR count). The molecular formula is C19H15F3N4O3. The van der Waals surface area contributed by atoms with E-state index in [0.717, 1.165) is 0 Å². The molecule has 29 heavy (non-hydrogen) atoms. The second kappa shape index (κ2) is 8.55. The van der Waals surface area contributed by atoms with Gasteiger partial charge in [-0.25, -0.2) is 5.10 Å².